The lowest BCUT2D eigenvalue weighted by molar-refractivity contribution is 0.596. The van der Waals surface area contributed by atoms with E-state index < -0.39 is 9.84 Å². The van der Waals surface area contributed by atoms with Gasteiger partial charge in [0.05, 0.1) is 5.75 Å². The van der Waals surface area contributed by atoms with Gasteiger partial charge in [0.1, 0.15) is 0 Å². The molecule has 0 bridgehead atoms. The minimum Gasteiger partial charge on any atom is -0.358 e. The summed E-state index contributed by atoms with van der Waals surface area (Å²) >= 11 is 0. The molecule has 0 atom stereocenters. The SMILES string of the molecule is CCS(=O)(=O)Cc1cc2c(C)cccc2[nH]1. The number of benzene rings is 1. The zero-order chi connectivity index (χ0) is 11.8. The van der Waals surface area contributed by atoms with Gasteiger partial charge in [-0.1, -0.05) is 19.1 Å². The van der Waals surface area contributed by atoms with Gasteiger partial charge in [0.15, 0.2) is 9.84 Å². The number of aryl methyl sites for hydroxylation is 1. The molecule has 1 aromatic heterocycles. The van der Waals surface area contributed by atoms with E-state index in [1.165, 1.54) is 0 Å². The largest absolute Gasteiger partial charge is 0.358 e. The van der Waals surface area contributed by atoms with Crippen LogP contribution in [0.4, 0.5) is 0 Å². The average molecular weight is 237 g/mol. The predicted molar refractivity (Wildman–Crippen MR) is 66.2 cm³/mol. The lowest BCUT2D eigenvalue weighted by Crippen LogP contribution is -2.06. The Balaban J connectivity index is 2.45. The fourth-order valence-corrected chi connectivity index (χ4v) is 2.61. The molecular weight excluding hydrogens is 222 g/mol. The summed E-state index contributed by atoms with van der Waals surface area (Å²) in [6, 6.07) is 7.88. The fourth-order valence-electron chi connectivity index (χ4n) is 1.78. The Bertz CT molecular complexity index is 611. The Morgan fingerprint density at radius 2 is 2.06 bits per heavy atom. The highest BCUT2D eigenvalue weighted by Crippen LogP contribution is 2.20. The van der Waals surface area contributed by atoms with Crippen LogP contribution in [0.25, 0.3) is 10.9 Å². The summed E-state index contributed by atoms with van der Waals surface area (Å²) in [5.74, 6) is 0.277. The van der Waals surface area contributed by atoms with Crippen molar-refractivity contribution in [3.05, 3.63) is 35.5 Å². The monoisotopic (exact) mass is 237 g/mol. The van der Waals surface area contributed by atoms with Crippen LogP contribution in [0.15, 0.2) is 24.3 Å². The first-order valence-corrected chi connectivity index (χ1v) is 7.11. The number of H-pyrrole nitrogens is 1. The Morgan fingerprint density at radius 3 is 2.69 bits per heavy atom. The smallest absolute Gasteiger partial charge is 0.155 e. The molecule has 0 radical (unpaired) electrons. The van der Waals surface area contributed by atoms with Gasteiger partial charge in [-0.15, -0.1) is 0 Å². The molecule has 1 aromatic carbocycles. The highest BCUT2D eigenvalue weighted by Gasteiger charge is 2.11. The van der Waals surface area contributed by atoms with Crippen molar-refractivity contribution in [3.63, 3.8) is 0 Å². The van der Waals surface area contributed by atoms with Crippen molar-refractivity contribution in [2.24, 2.45) is 0 Å². The van der Waals surface area contributed by atoms with E-state index in [1.54, 1.807) is 6.92 Å². The van der Waals surface area contributed by atoms with Crippen LogP contribution in [0.2, 0.25) is 0 Å². The molecule has 0 amide bonds. The zero-order valence-electron chi connectivity index (χ0n) is 9.45. The quantitative estimate of drug-likeness (QED) is 0.891. The van der Waals surface area contributed by atoms with Gasteiger partial charge in [0, 0.05) is 22.3 Å². The maximum Gasteiger partial charge on any atom is 0.155 e. The minimum absolute atomic E-state index is 0.0949. The number of hydrogen-bond donors (Lipinski definition) is 1. The van der Waals surface area contributed by atoms with Gasteiger partial charge >= 0.3 is 0 Å². The number of nitrogens with one attached hydrogen (secondary N) is 1. The van der Waals surface area contributed by atoms with Crippen molar-refractivity contribution in [1.82, 2.24) is 4.98 Å². The van der Waals surface area contributed by atoms with E-state index >= 15 is 0 Å². The molecule has 3 nitrogen and oxygen atoms in total. The Kier molecular flexibility index (Phi) is 2.76. The summed E-state index contributed by atoms with van der Waals surface area (Å²) < 4.78 is 23.0. The lowest BCUT2D eigenvalue weighted by Gasteiger charge is -1.97. The molecule has 0 aliphatic carbocycles. The highest BCUT2D eigenvalue weighted by atomic mass is 32.2. The van der Waals surface area contributed by atoms with Crippen LogP contribution < -0.4 is 0 Å². The zero-order valence-corrected chi connectivity index (χ0v) is 10.3. The summed E-state index contributed by atoms with van der Waals surface area (Å²) in [5.41, 5.74) is 2.93. The number of aromatic amines is 1. The molecule has 1 heterocycles. The van der Waals surface area contributed by atoms with Gasteiger partial charge in [-0.05, 0) is 24.6 Å². The number of rotatable bonds is 3. The number of fused-ring (bicyclic) bond motifs is 1. The van der Waals surface area contributed by atoms with Crippen molar-refractivity contribution in [3.8, 4) is 0 Å². The normalized spacial score (nSPS) is 12.1. The number of aromatic nitrogens is 1. The second kappa shape index (κ2) is 3.94. The van der Waals surface area contributed by atoms with E-state index in [-0.39, 0.29) is 11.5 Å². The van der Waals surface area contributed by atoms with Gasteiger partial charge in [0.2, 0.25) is 0 Å². The molecule has 0 spiro atoms. The minimum atomic E-state index is -2.96. The van der Waals surface area contributed by atoms with Crippen molar-refractivity contribution >= 4 is 20.7 Å². The van der Waals surface area contributed by atoms with Gasteiger partial charge < -0.3 is 4.98 Å². The van der Waals surface area contributed by atoms with Crippen molar-refractivity contribution < 1.29 is 8.42 Å². The van der Waals surface area contributed by atoms with E-state index in [2.05, 4.69) is 4.98 Å². The Labute approximate surface area is 95.4 Å². The van der Waals surface area contributed by atoms with Crippen molar-refractivity contribution in [2.45, 2.75) is 19.6 Å². The number of sulfone groups is 1. The first kappa shape index (κ1) is 11.2. The van der Waals surface area contributed by atoms with E-state index in [0.29, 0.717) is 0 Å². The van der Waals surface area contributed by atoms with Crippen LogP contribution in [0.5, 0.6) is 0 Å². The third-order valence-electron chi connectivity index (χ3n) is 2.75. The second-order valence-electron chi connectivity index (χ2n) is 4.01. The van der Waals surface area contributed by atoms with Crippen LogP contribution in [-0.4, -0.2) is 19.2 Å². The summed E-state index contributed by atoms with van der Waals surface area (Å²) in [4.78, 5) is 3.15. The fraction of sp³-hybridized carbons (Fsp3) is 0.333. The van der Waals surface area contributed by atoms with Crippen LogP contribution >= 0.6 is 0 Å². The molecular formula is C12H15NO2S. The third-order valence-corrected chi connectivity index (χ3v) is 4.38. The second-order valence-corrected chi connectivity index (χ2v) is 6.36. The summed E-state index contributed by atoms with van der Waals surface area (Å²) in [6.45, 7) is 3.69. The maximum atomic E-state index is 11.5. The van der Waals surface area contributed by atoms with E-state index in [4.69, 9.17) is 0 Å². The molecule has 4 heteroatoms. The first-order chi connectivity index (χ1) is 7.52. The predicted octanol–water partition coefficient (Wildman–Crippen LogP) is 2.41. The first-order valence-electron chi connectivity index (χ1n) is 5.29. The molecule has 0 aliphatic heterocycles. The van der Waals surface area contributed by atoms with Crippen molar-refractivity contribution in [1.29, 1.82) is 0 Å². The van der Waals surface area contributed by atoms with E-state index in [1.807, 2.05) is 31.2 Å². The van der Waals surface area contributed by atoms with Gasteiger partial charge in [-0.3, -0.25) is 0 Å². The van der Waals surface area contributed by atoms with E-state index in [0.717, 1.165) is 22.2 Å². The molecule has 0 unspecified atom stereocenters. The average Bonchev–Trinajstić information content (AvgIpc) is 2.61. The molecule has 86 valence electrons. The standard InChI is InChI=1S/C12H15NO2S/c1-3-16(14,15)8-10-7-11-9(2)5-4-6-12(11)13-10/h4-7,13H,3,8H2,1-2H3. The highest BCUT2D eigenvalue weighted by molar-refractivity contribution is 7.90. The van der Waals surface area contributed by atoms with Gasteiger partial charge in [-0.2, -0.15) is 0 Å². The van der Waals surface area contributed by atoms with Gasteiger partial charge in [0.25, 0.3) is 0 Å². The van der Waals surface area contributed by atoms with Crippen LogP contribution in [0, 0.1) is 6.92 Å². The molecule has 16 heavy (non-hydrogen) atoms. The molecule has 2 aromatic rings. The molecule has 0 fully saturated rings. The molecule has 0 aliphatic rings. The van der Waals surface area contributed by atoms with Crippen LogP contribution in [0.3, 0.4) is 0 Å². The number of hydrogen-bond acceptors (Lipinski definition) is 2. The third kappa shape index (κ3) is 2.11. The summed E-state index contributed by atoms with van der Waals surface area (Å²) in [7, 11) is -2.96. The maximum absolute atomic E-state index is 11.5. The van der Waals surface area contributed by atoms with Crippen LogP contribution in [-0.2, 0) is 15.6 Å². The molecule has 2 rings (SSSR count). The van der Waals surface area contributed by atoms with Gasteiger partial charge in [-0.25, -0.2) is 8.42 Å². The Hall–Kier alpha value is -1.29. The van der Waals surface area contributed by atoms with Crippen LogP contribution in [0.1, 0.15) is 18.2 Å². The van der Waals surface area contributed by atoms with E-state index in [9.17, 15) is 8.42 Å². The Morgan fingerprint density at radius 1 is 1.31 bits per heavy atom. The lowest BCUT2D eigenvalue weighted by atomic mass is 10.1. The molecule has 0 saturated carbocycles. The van der Waals surface area contributed by atoms with Crippen molar-refractivity contribution in [2.75, 3.05) is 5.75 Å². The summed E-state index contributed by atoms with van der Waals surface area (Å²) in [5, 5.41) is 1.10. The molecule has 0 saturated heterocycles. The molecule has 1 N–H and O–H groups in total. The summed E-state index contributed by atoms with van der Waals surface area (Å²) in [6.07, 6.45) is 0. The topological polar surface area (TPSA) is 49.9 Å².